The van der Waals surface area contributed by atoms with E-state index in [-0.39, 0.29) is 11.7 Å². The van der Waals surface area contributed by atoms with Gasteiger partial charge in [-0.1, -0.05) is 12.1 Å². The fourth-order valence-corrected chi connectivity index (χ4v) is 2.50. The number of halogens is 2. The normalized spacial score (nSPS) is 10.6. The molecule has 0 saturated carbocycles. The summed E-state index contributed by atoms with van der Waals surface area (Å²) in [6.07, 6.45) is 4.37. The van der Waals surface area contributed by atoms with E-state index in [1.54, 1.807) is 38.5 Å². The van der Waals surface area contributed by atoms with Crippen molar-refractivity contribution in [2.75, 3.05) is 19.4 Å². The van der Waals surface area contributed by atoms with Crippen molar-refractivity contribution < 1.29 is 18.3 Å². The van der Waals surface area contributed by atoms with Gasteiger partial charge in [-0.05, 0) is 29.8 Å². The number of pyridine rings is 2. The Bertz CT molecular complexity index is 945. The molecule has 2 heterocycles. The van der Waals surface area contributed by atoms with Crippen LogP contribution in [-0.2, 0) is 0 Å². The average molecular weight is 384 g/mol. The number of alkyl halides is 2. The highest BCUT2D eigenvalue weighted by Crippen LogP contribution is 2.23. The summed E-state index contributed by atoms with van der Waals surface area (Å²) in [5.74, 6) is 0.430. The zero-order valence-electron chi connectivity index (χ0n) is 15.3. The molecule has 1 aromatic carbocycles. The highest BCUT2D eigenvalue weighted by molar-refractivity contribution is 5.94. The molecule has 1 N–H and O–H groups in total. The Morgan fingerprint density at radius 2 is 1.75 bits per heavy atom. The summed E-state index contributed by atoms with van der Waals surface area (Å²) >= 11 is 0. The quantitative estimate of drug-likeness (QED) is 0.690. The first-order chi connectivity index (χ1) is 13.4. The third-order valence-electron chi connectivity index (χ3n) is 3.85. The molecule has 0 aliphatic carbocycles. The Morgan fingerprint density at radius 3 is 2.36 bits per heavy atom. The fraction of sp³-hybridized carbons (Fsp3) is 0.150. The lowest BCUT2D eigenvalue weighted by Gasteiger charge is -2.11. The van der Waals surface area contributed by atoms with Crippen molar-refractivity contribution in [3.63, 3.8) is 0 Å². The highest BCUT2D eigenvalue weighted by atomic mass is 19.3. The van der Waals surface area contributed by atoms with Gasteiger partial charge in [-0.25, -0.2) is 4.98 Å². The number of hydrogen-bond donors (Lipinski definition) is 1. The molecule has 0 atom stereocenters. The number of anilines is 2. The molecule has 0 bridgehead atoms. The standard InChI is InChI=1S/C20H18F2N4O2/c1-26(2)19(27)14-5-3-13(4-6-14)15-7-8-18(24-10-15)25-16-9-17(12-23-11-16)28-20(21)22/h3-12,20H,1-2H3,(H,24,25). The van der Waals surface area contributed by atoms with E-state index >= 15 is 0 Å². The van der Waals surface area contributed by atoms with Crippen LogP contribution in [0.1, 0.15) is 10.4 Å². The molecule has 1 amide bonds. The van der Waals surface area contributed by atoms with Gasteiger partial charge in [0, 0.05) is 37.5 Å². The average Bonchev–Trinajstić information content (AvgIpc) is 2.68. The van der Waals surface area contributed by atoms with E-state index in [9.17, 15) is 13.6 Å². The van der Waals surface area contributed by atoms with Gasteiger partial charge in [-0.15, -0.1) is 0 Å². The van der Waals surface area contributed by atoms with Crippen molar-refractivity contribution in [1.82, 2.24) is 14.9 Å². The van der Waals surface area contributed by atoms with Crippen LogP contribution in [-0.4, -0.2) is 41.5 Å². The second-order valence-corrected chi connectivity index (χ2v) is 6.12. The molecule has 3 aromatic rings. The van der Waals surface area contributed by atoms with E-state index in [2.05, 4.69) is 20.0 Å². The summed E-state index contributed by atoms with van der Waals surface area (Å²) < 4.78 is 28.9. The first-order valence-electron chi connectivity index (χ1n) is 8.37. The molecular weight excluding hydrogens is 366 g/mol. The number of hydrogen-bond acceptors (Lipinski definition) is 5. The predicted octanol–water partition coefficient (Wildman–Crippen LogP) is 4.19. The number of carbonyl (C=O) groups excluding carboxylic acids is 1. The molecule has 6 nitrogen and oxygen atoms in total. The van der Waals surface area contributed by atoms with Crippen molar-refractivity contribution in [3.05, 3.63) is 66.6 Å². The Balaban J connectivity index is 1.71. The van der Waals surface area contributed by atoms with Crippen molar-refractivity contribution >= 4 is 17.4 Å². The van der Waals surface area contributed by atoms with E-state index < -0.39 is 6.61 Å². The van der Waals surface area contributed by atoms with Crippen LogP contribution in [0, 0.1) is 0 Å². The Hall–Kier alpha value is -3.55. The van der Waals surface area contributed by atoms with Crippen LogP contribution in [0.4, 0.5) is 20.3 Å². The van der Waals surface area contributed by atoms with E-state index in [1.807, 2.05) is 18.2 Å². The molecule has 0 aliphatic rings. The van der Waals surface area contributed by atoms with Gasteiger partial charge in [-0.2, -0.15) is 8.78 Å². The molecule has 28 heavy (non-hydrogen) atoms. The van der Waals surface area contributed by atoms with Gasteiger partial charge in [-0.3, -0.25) is 9.78 Å². The summed E-state index contributed by atoms with van der Waals surface area (Å²) in [5, 5.41) is 2.98. The topological polar surface area (TPSA) is 67.4 Å². The molecule has 0 aliphatic heterocycles. The molecule has 144 valence electrons. The summed E-state index contributed by atoms with van der Waals surface area (Å²) in [5.41, 5.74) is 2.88. The van der Waals surface area contributed by atoms with Gasteiger partial charge in [0.05, 0.1) is 18.1 Å². The smallest absolute Gasteiger partial charge is 0.387 e. The summed E-state index contributed by atoms with van der Waals surface area (Å²) in [6.45, 7) is -2.91. The molecular formula is C20H18F2N4O2. The lowest BCUT2D eigenvalue weighted by molar-refractivity contribution is -0.0500. The van der Waals surface area contributed by atoms with Crippen molar-refractivity contribution in [3.8, 4) is 16.9 Å². The van der Waals surface area contributed by atoms with Crippen LogP contribution < -0.4 is 10.1 Å². The van der Waals surface area contributed by atoms with E-state index in [0.29, 0.717) is 17.1 Å². The molecule has 0 saturated heterocycles. The van der Waals surface area contributed by atoms with Gasteiger partial charge in [0.1, 0.15) is 11.6 Å². The number of nitrogens with one attached hydrogen (secondary N) is 1. The summed E-state index contributed by atoms with van der Waals surface area (Å²) in [6, 6.07) is 12.3. The van der Waals surface area contributed by atoms with Crippen LogP contribution in [0.15, 0.2) is 61.1 Å². The largest absolute Gasteiger partial charge is 0.433 e. The lowest BCUT2D eigenvalue weighted by Crippen LogP contribution is -2.21. The first-order valence-corrected chi connectivity index (χ1v) is 8.37. The third kappa shape index (κ3) is 4.79. The van der Waals surface area contributed by atoms with E-state index in [0.717, 1.165) is 11.1 Å². The minimum absolute atomic E-state index is 0.0380. The number of amides is 1. The van der Waals surface area contributed by atoms with Crippen LogP contribution >= 0.6 is 0 Å². The van der Waals surface area contributed by atoms with Crippen LogP contribution in [0.2, 0.25) is 0 Å². The Kier molecular flexibility index (Phi) is 5.78. The summed E-state index contributed by atoms with van der Waals surface area (Å²) in [7, 11) is 3.41. The Morgan fingerprint density at radius 1 is 1.04 bits per heavy atom. The van der Waals surface area contributed by atoms with Crippen molar-refractivity contribution in [1.29, 1.82) is 0 Å². The van der Waals surface area contributed by atoms with Gasteiger partial charge < -0.3 is 15.0 Å². The zero-order chi connectivity index (χ0) is 20.1. The maximum atomic E-state index is 12.3. The Labute approximate surface area is 160 Å². The molecule has 0 spiro atoms. The van der Waals surface area contributed by atoms with Crippen LogP contribution in [0.5, 0.6) is 5.75 Å². The van der Waals surface area contributed by atoms with Crippen molar-refractivity contribution in [2.45, 2.75) is 6.61 Å². The first kappa shape index (κ1) is 19.2. The maximum Gasteiger partial charge on any atom is 0.387 e. The van der Waals surface area contributed by atoms with Crippen LogP contribution in [0.3, 0.4) is 0 Å². The number of benzene rings is 1. The molecule has 0 fully saturated rings. The molecule has 3 rings (SSSR count). The zero-order valence-corrected chi connectivity index (χ0v) is 15.3. The fourth-order valence-electron chi connectivity index (χ4n) is 2.50. The second kappa shape index (κ2) is 8.43. The molecule has 2 aromatic heterocycles. The second-order valence-electron chi connectivity index (χ2n) is 6.12. The summed E-state index contributed by atoms with van der Waals surface area (Å²) in [4.78, 5) is 21.6. The van der Waals surface area contributed by atoms with E-state index in [4.69, 9.17) is 0 Å². The minimum Gasteiger partial charge on any atom is -0.433 e. The number of aromatic nitrogens is 2. The minimum atomic E-state index is -2.91. The monoisotopic (exact) mass is 384 g/mol. The number of rotatable bonds is 6. The maximum absolute atomic E-state index is 12.3. The van der Waals surface area contributed by atoms with Gasteiger partial charge in [0.15, 0.2) is 0 Å². The SMILES string of the molecule is CN(C)C(=O)c1ccc(-c2ccc(Nc3cncc(OC(F)F)c3)nc2)cc1. The third-order valence-corrected chi connectivity index (χ3v) is 3.85. The number of carbonyl (C=O) groups is 1. The molecule has 0 radical (unpaired) electrons. The molecule has 8 heteroatoms. The highest BCUT2D eigenvalue weighted by Gasteiger charge is 2.09. The van der Waals surface area contributed by atoms with Crippen molar-refractivity contribution in [2.24, 2.45) is 0 Å². The van der Waals surface area contributed by atoms with Gasteiger partial charge in [0.2, 0.25) is 0 Å². The predicted molar refractivity (Wildman–Crippen MR) is 102 cm³/mol. The van der Waals surface area contributed by atoms with Gasteiger partial charge in [0.25, 0.3) is 5.91 Å². The molecule has 0 unspecified atom stereocenters. The number of nitrogens with zero attached hydrogens (tertiary/aromatic N) is 3. The van der Waals surface area contributed by atoms with Crippen LogP contribution in [0.25, 0.3) is 11.1 Å². The van der Waals surface area contributed by atoms with E-state index in [1.165, 1.54) is 23.4 Å². The number of ether oxygens (including phenoxy) is 1. The lowest BCUT2D eigenvalue weighted by atomic mass is 10.1. The van der Waals surface area contributed by atoms with Gasteiger partial charge >= 0.3 is 6.61 Å².